The number of anilines is 1. The van der Waals surface area contributed by atoms with Gasteiger partial charge in [-0.05, 0) is 38.4 Å². The Labute approximate surface area is 125 Å². The number of nitrogens with one attached hydrogen (secondary N) is 1. The number of carbonyl (C=O) groups excluding carboxylic acids is 2. The van der Waals surface area contributed by atoms with E-state index in [-0.39, 0.29) is 17.8 Å². The van der Waals surface area contributed by atoms with Crippen molar-refractivity contribution in [3.8, 4) is 0 Å². The molecule has 0 aliphatic carbocycles. The number of methoxy groups -OCH3 is 1. The van der Waals surface area contributed by atoms with Crippen LogP contribution in [0.1, 0.15) is 17.5 Å². The van der Waals surface area contributed by atoms with Gasteiger partial charge in [-0.15, -0.1) is 0 Å². The smallest absolute Gasteiger partial charge is 0.310 e. The van der Waals surface area contributed by atoms with Crippen LogP contribution in [0.3, 0.4) is 0 Å². The molecule has 0 bridgehead atoms. The van der Waals surface area contributed by atoms with Crippen molar-refractivity contribution in [3.05, 3.63) is 29.3 Å². The normalized spacial score (nSPS) is 18.5. The van der Waals surface area contributed by atoms with E-state index >= 15 is 0 Å². The zero-order valence-corrected chi connectivity index (χ0v) is 12.8. The minimum atomic E-state index is -0.188. The fourth-order valence-corrected chi connectivity index (χ4v) is 2.68. The molecule has 2 rings (SSSR count). The highest BCUT2D eigenvalue weighted by Gasteiger charge is 2.29. The van der Waals surface area contributed by atoms with Crippen LogP contribution in [0, 0.1) is 19.8 Å². The van der Waals surface area contributed by atoms with Crippen LogP contribution in [0.4, 0.5) is 5.69 Å². The number of benzene rings is 1. The highest BCUT2D eigenvalue weighted by atomic mass is 16.5. The second-order valence-corrected chi connectivity index (χ2v) is 5.61. The Bertz CT molecular complexity index is 542. The van der Waals surface area contributed by atoms with E-state index in [2.05, 4.69) is 5.32 Å². The highest BCUT2D eigenvalue weighted by molar-refractivity contribution is 5.93. The number of esters is 1. The molecule has 1 fully saturated rings. The van der Waals surface area contributed by atoms with Crippen LogP contribution in [0.15, 0.2) is 18.2 Å². The van der Waals surface area contributed by atoms with Gasteiger partial charge in [0, 0.05) is 12.2 Å². The third-order valence-electron chi connectivity index (χ3n) is 3.83. The Morgan fingerprint density at radius 2 is 2.14 bits per heavy atom. The molecule has 1 saturated heterocycles. The molecule has 1 unspecified atom stereocenters. The van der Waals surface area contributed by atoms with Crippen molar-refractivity contribution in [2.24, 2.45) is 5.92 Å². The number of ether oxygens (including phenoxy) is 1. The van der Waals surface area contributed by atoms with Crippen molar-refractivity contribution in [2.75, 3.05) is 32.1 Å². The molecule has 0 saturated carbocycles. The SMILES string of the molecule is COC(=O)C1CCN(CC(=O)Nc2ccc(C)cc2C)C1. The second-order valence-electron chi connectivity index (χ2n) is 5.61. The van der Waals surface area contributed by atoms with Gasteiger partial charge in [0.2, 0.25) is 5.91 Å². The van der Waals surface area contributed by atoms with Gasteiger partial charge >= 0.3 is 5.97 Å². The quantitative estimate of drug-likeness (QED) is 0.858. The van der Waals surface area contributed by atoms with Crippen molar-refractivity contribution in [1.82, 2.24) is 4.90 Å². The van der Waals surface area contributed by atoms with Gasteiger partial charge in [0.25, 0.3) is 0 Å². The molecule has 0 radical (unpaired) electrons. The first-order chi connectivity index (χ1) is 9.99. The summed E-state index contributed by atoms with van der Waals surface area (Å²) in [4.78, 5) is 25.5. The fourth-order valence-electron chi connectivity index (χ4n) is 2.68. The molecule has 114 valence electrons. The van der Waals surface area contributed by atoms with Crippen LogP contribution < -0.4 is 5.32 Å². The highest BCUT2D eigenvalue weighted by Crippen LogP contribution is 2.18. The average Bonchev–Trinajstić information content (AvgIpc) is 2.89. The van der Waals surface area contributed by atoms with Gasteiger partial charge in [0.1, 0.15) is 0 Å². The topological polar surface area (TPSA) is 58.6 Å². The molecule has 1 heterocycles. The standard InChI is InChI=1S/C16H22N2O3/c1-11-4-5-14(12(2)8-11)17-15(19)10-18-7-6-13(9-18)16(20)21-3/h4-5,8,13H,6-7,9-10H2,1-3H3,(H,17,19). The molecule has 21 heavy (non-hydrogen) atoms. The summed E-state index contributed by atoms with van der Waals surface area (Å²) in [5, 5.41) is 2.93. The van der Waals surface area contributed by atoms with E-state index in [1.165, 1.54) is 12.7 Å². The van der Waals surface area contributed by atoms with Gasteiger partial charge < -0.3 is 10.1 Å². The molecule has 1 aliphatic rings. The summed E-state index contributed by atoms with van der Waals surface area (Å²) in [5.74, 6) is -0.344. The summed E-state index contributed by atoms with van der Waals surface area (Å²) in [6, 6.07) is 5.94. The molecule has 1 N–H and O–H groups in total. The molecule has 1 aliphatic heterocycles. The molecule has 5 nitrogen and oxygen atoms in total. The Balaban J connectivity index is 1.87. The first-order valence-corrected chi connectivity index (χ1v) is 7.17. The lowest BCUT2D eigenvalue weighted by Gasteiger charge is -2.16. The zero-order chi connectivity index (χ0) is 15.4. The second kappa shape index (κ2) is 6.72. The van der Waals surface area contributed by atoms with E-state index in [0.717, 1.165) is 24.2 Å². The largest absolute Gasteiger partial charge is 0.469 e. The van der Waals surface area contributed by atoms with Crippen molar-refractivity contribution in [2.45, 2.75) is 20.3 Å². The lowest BCUT2D eigenvalue weighted by Crippen LogP contribution is -2.32. The number of hydrogen-bond acceptors (Lipinski definition) is 4. The molecule has 5 heteroatoms. The lowest BCUT2D eigenvalue weighted by atomic mass is 10.1. The Kier molecular flexibility index (Phi) is 4.96. The maximum atomic E-state index is 12.1. The minimum Gasteiger partial charge on any atom is -0.469 e. The number of nitrogens with zero attached hydrogens (tertiary/aromatic N) is 1. The average molecular weight is 290 g/mol. The van der Waals surface area contributed by atoms with E-state index in [1.54, 1.807) is 0 Å². The van der Waals surface area contributed by atoms with Crippen LogP contribution in [0.25, 0.3) is 0 Å². The van der Waals surface area contributed by atoms with Crippen molar-refractivity contribution >= 4 is 17.6 Å². The van der Waals surface area contributed by atoms with Crippen LogP contribution in [-0.2, 0) is 14.3 Å². The minimum absolute atomic E-state index is 0.0486. The Morgan fingerprint density at radius 3 is 2.81 bits per heavy atom. The third-order valence-corrected chi connectivity index (χ3v) is 3.83. The summed E-state index contributed by atoms with van der Waals surface area (Å²) < 4.78 is 4.74. The first kappa shape index (κ1) is 15.5. The number of aryl methyl sites for hydroxylation is 2. The number of carbonyl (C=O) groups is 2. The monoisotopic (exact) mass is 290 g/mol. The number of hydrogen-bond donors (Lipinski definition) is 1. The van der Waals surface area contributed by atoms with Gasteiger partial charge in [-0.1, -0.05) is 17.7 Å². The van der Waals surface area contributed by atoms with Crippen LogP contribution >= 0.6 is 0 Å². The number of amides is 1. The molecule has 1 amide bonds. The van der Waals surface area contributed by atoms with Gasteiger partial charge in [0.15, 0.2) is 0 Å². The van der Waals surface area contributed by atoms with Crippen LogP contribution in [-0.4, -0.2) is 43.5 Å². The Morgan fingerprint density at radius 1 is 1.38 bits per heavy atom. The zero-order valence-electron chi connectivity index (χ0n) is 12.8. The first-order valence-electron chi connectivity index (χ1n) is 7.17. The molecule has 1 aromatic carbocycles. The van der Waals surface area contributed by atoms with Gasteiger partial charge in [-0.2, -0.15) is 0 Å². The summed E-state index contributed by atoms with van der Waals surface area (Å²) in [6.45, 7) is 5.65. The Hall–Kier alpha value is -1.88. The van der Waals surface area contributed by atoms with E-state index in [9.17, 15) is 9.59 Å². The van der Waals surface area contributed by atoms with E-state index in [1.807, 2.05) is 36.9 Å². The molecular formula is C16H22N2O3. The summed E-state index contributed by atoms with van der Waals surface area (Å²) in [5.41, 5.74) is 3.07. The number of rotatable bonds is 4. The molecular weight excluding hydrogens is 268 g/mol. The van der Waals surface area contributed by atoms with Crippen LogP contribution in [0.5, 0.6) is 0 Å². The molecule has 1 atom stereocenters. The maximum Gasteiger partial charge on any atom is 0.310 e. The summed E-state index contributed by atoms with van der Waals surface area (Å²) in [7, 11) is 1.40. The maximum absolute atomic E-state index is 12.1. The lowest BCUT2D eigenvalue weighted by molar-refractivity contribution is -0.145. The fraction of sp³-hybridized carbons (Fsp3) is 0.500. The van der Waals surface area contributed by atoms with Crippen LogP contribution in [0.2, 0.25) is 0 Å². The predicted octanol–water partition coefficient (Wildman–Crippen LogP) is 1.74. The van der Waals surface area contributed by atoms with Gasteiger partial charge in [-0.3, -0.25) is 14.5 Å². The van der Waals surface area contributed by atoms with Gasteiger partial charge in [0.05, 0.1) is 19.6 Å². The van der Waals surface area contributed by atoms with E-state index < -0.39 is 0 Å². The van der Waals surface area contributed by atoms with E-state index in [4.69, 9.17) is 4.74 Å². The summed E-state index contributed by atoms with van der Waals surface area (Å²) >= 11 is 0. The van der Waals surface area contributed by atoms with E-state index in [0.29, 0.717) is 13.1 Å². The summed E-state index contributed by atoms with van der Waals surface area (Å²) in [6.07, 6.45) is 0.753. The predicted molar refractivity (Wildman–Crippen MR) is 81.1 cm³/mol. The van der Waals surface area contributed by atoms with Crippen molar-refractivity contribution in [3.63, 3.8) is 0 Å². The molecule has 1 aromatic rings. The third kappa shape index (κ3) is 4.04. The van der Waals surface area contributed by atoms with Crippen molar-refractivity contribution in [1.29, 1.82) is 0 Å². The number of likely N-dealkylation sites (tertiary alicyclic amines) is 1. The van der Waals surface area contributed by atoms with Crippen molar-refractivity contribution < 1.29 is 14.3 Å². The molecule has 0 spiro atoms. The van der Waals surface area contributed by atoms with Gasteiger partial charge in [-0.25, -0.2) is 0 Å². The molecule has 0 aromatic heterocycles.